The third-order valence-electron chi connectivity index (χ3n) is 1.72. The molecule has 0 radical (unpaired) electrons. The molecule has 0 spiro atoms. The Balaban J connectivity index is 2.43. The van der Waals surface area contributed by atoms with Gasteiger partial charge < -0.3 is 5.11 Å². The molecule has 0 aliphatic heterocycles. The van der Waals surface area contributed by atoms with Gasteiger partial charge in [-0.25, -0.2) is 4.98 Å². The van der Waals surface area contributed by atoms with Crippen molar-refractivity contribution in [3.8, 4) is 0 Å². The topological polar surface area (TPSA) is 36.4 Å². The van der Waals surface area contributed by atoms with Gasteiger partial charge in [0.2, 0.25) is 0 Å². The van der Waals surface area contributed by atoms with Crippen LogP contribution in [-0.4, -0.2) is 34.7 Å². The first-order valence-corrected chi connectivity index (χ1v) is 5.89. The number of halogens is 1. The average Bonchev–Trinajstić information content (AvgIpc) is 2.50. The monoisotopic (exact) mass is 234 g/mol. The van der Waals surface area contributed by atoms with Crippen LogP contribution in [0.15, 0.2) is 5.38 Å². The maximum atomic E-state index is 9.17. The zero-order chi connectivity index (χ0) is 10.6. The van der Waals surface area contributed by atoms with Gasteiger partial charge in [-0.1, -0.05) is 0 Å². The van der Waals surface area contributed by atoms with E-state index in [9.17, 15) is 5.11 Å². The van der Waals surface area contributed by atoms with E-state index in [1.165, 1.54) is 0 Å². The molecule has 0 aromatic carbocycles. The van der Waals surface area contributed by atoms with Gasteiger partial charge in [0.25, 0.3) is 0 Å². The van der Waals surface area contributed by atoms with Gasteiger partial charge in [0.05, 0.1) is 24.2 Å². The zero-order valence-electron chi connectivity index (χ0n) is 8.40. The number of likely N-dealkylation sites (N-methyl/N-ethyl adjacent to an activating group) is 1. The summed E-state index contributed by atoms with van der Waals surface area (Å²) >= 11 is 7.26. The summed E-state index contributed by atoms with van der Waals surface area (Å²) < 4.78 is 0. The molecule has 3 nitrogen and oxygen atoms in total. The van der Waals surface area contributed by atoms with Crippen LogP contribution >= 0.6 is 22.9 Å². The molecule has 1 heterocycles. The Kier molecular flexibility index (Phi) is 4.81. The molecule has 0 saturated carbocycles. The van der Waals surface area contributed by atoms with Crippen LogP contribution in [0.4, 0.5) is 0 Å². The van der Waals surface area contributed by atoms with Gasteiger partial charge in [-0.3, -0.25) is 4.90 Å². The van der Waals surface area contributed by atoms with Crippen LogP contribution in [0.3, 0.4) is 0 Å². The van der Waals surface area contributed by atoms with Crippen LogP contribution in [0.25, 0.3) is 0 Å². The molecular weight excluding hydrogens is 220 g/mol. The fraction of sp³-hybridized carbons (Fsp3) is 0.667. The summed E-state index contributed by atoms with van der Waals surface area (Å²) in [6.45, 7) is 3.21. The molecule has 0 amide bonds. The van der Waals surface area contributed by atoms with Crippen molar-refractivity contribution >= 4 is 22.9 Å². The fourth-order valence-electron chi connectivity index (χ4n) is 1.23. The molecule has 80 valence electrons. The Morgan fingerprint density at radius 2 is 2.43 bits per heavy atom. The van der Waals surface area contributed by atoms with Gasteiger partial charge in [0.15, 0.2) is 0 Å². The summed E-state index contributed by atoms with van der Waals surface area (Å²) in [5.41, 5.74) is 0.928. The minimum atomic E-state index is -0.299. The standard InChI is InChI=1S/C9H15ClN2OS/c1-7(13)4-12(2)5-9-11-8(3-10)6-14-9/h6-7,13H,3-5H2,1-2H3. The predicted molar refractivity (Wildman–Crippen MR) is 59.7 cm³/mol. The SMILES string of the molecule is CC(O)CN(C)Cc1nc(CCl)cs1. The quantitative estimate of drug-likeness (QED) is 0.788. The lowest BCUT2D eigenvalue weighted by Crippen LogP contribution is -2.26. The molecule has 1 unspecified atom stereocenters. The third-order valence-corrected chi connectivity index (χ3v) is 2.87. The minimum Gasteiger partial charge on any atom is -0.392 e. The molecule has 1 aromatic rings. The van der Waals surface area contributed by atoms with E-state index in [0.29, 0.717) is 12.4 Å². The Hall–Kier alpha value is -0.160. The minimum absolute atomic E-state index is 0.299. The second kappa shape index (κ2) is 5.66. The molecule has 0 saturated heterocycles. The van der Waals surface area contributed by atoms with Gasteiger partial charge in [0, 0.05) is 11.9 Å². The maximum Gasteiger partial charge on any atom is 0.107 e. The number of rotatable bonds is 5. The summed E-state index contributed by atoms with van der Waals surface area (Å²) in [7, 11) is 1.97. The van der Waals surface area contributed by atoms with Crippen LogP contribution in [-0.2, 0) is 12.4 Å². The zero-order valence-corrected chi connectivity index (χ0v) is 9.98. The Bertz CT molecular complexity index is 278. The van der Waals surface area contributed by atoms with Crippen molar-refractivity contribution < 1.29 is 5.11 Å². The number of hydrogen-bond acceptors (Lipinski definition) is 4. The number of nitrogens with zero attached hydrogens (tertiary/aromatic N) is 2. The first-order valence-electron chi connectivity index (χ1n) is 4.47. The highest BCUT2D eigenvalue weighted by molar-refractivity contribution is 7.09. The lowest BCUT2D eigenvalue weighted by molar-refractivity contribution is 0.138. The van der Waals surface area contributed by atoms with Gasteiger partial charge >= 0.3 is 0 Å². The number of hydrogen-bond donors (Lipinski definition) is 1. The Morgan fingerprint density at radius 3 is 2.93 bits per heavy atom. The van der Waals surface area contributed by atoms with Crippen molar-refractivity contribution in [3.63, 3.8) is 0 Å². The molecule has 5 heteroatoms. The molecule has 1 aromatic heterocycles. The summed E-state index contributed by atoms with van der Waals surface area (Å²) in [6, 6.07) is 0. The van der Waals surface area contributed by atoms with Gasteiger partial charge in [0.1, 0.15) is 5.01 Å². The van der Waals surface area contributed by atoms with Crippen molar-refractivity contribution in [1.82, 2.24) is 9.88 Å². The second-order valence-electron chi connectivity index (χ2n) is 3.41. The highest BCUT2D eigenvalue weighted by atomic mass is 35.5. The first kappa shape index (κ1) is 11.9. The molecule has 1 atom stereocenters. The van der Waals surface area contributed by atoms with Crippen molar-refractivity contribution in [2.75, 3.05) is 13.6 Å². The van der Waals surface area contributed by atoms with E-state index in [4.69, 9.17) is 11.6 Å². The summed E-state index contributed by atoms with van der Waals surface area (Å²) in [6.07, 6.45) is -0.299. The average molecular weight is 235 g/mol. The maximum absolute atomic E-state index is 9.17. The van der Waals surface area contributed by atoms with Crippen LogP contribution in [0, 0.1) is 0 Å². The van der Waals surface area contributed by atoms with E-state index in [-0.39, 0.29) is 6.10 Å². The largest absolute Gasteiger partial charge is 0.392 e. The molecule has 0 fully saturated rings. The Labute approximate surface area is 93.3 Å². The van der Waals surface area contributed by atoms with Crippen molar-refractivity contribution in [2.45, 2.75) is 25.5 Å². The molecule has 1 rings (SSSR count). The Morgan fingerprint density at radius 1 is 1.71 bits per heavy atom. The summed E-state index contributed by atoms with van der Waals surface area (Å²) in [5.74, 6) is 0.469. The van der Waals surface area contributed by atoms with Crippen molar-refractivity contribution in [1.29, 1.82) is 0 Å². The normalized spacial score (nSPS) is 13.5. The predicted octanol–water partition coefficient (Wildman–Crippen LogP) is 1.69. The van der Waals surface area contributed by atoms with E-state index in [1.54, 1.807) is 18.3 Å². The smallest absolute Gasteiger partial charge is 0.107 e. The first-order chi connectivity index (χ1) is 6.61. The third kappa shape index (κ3) is 3.92. The summed E-state index contributed by atoms with van der Waals surface area (Å²) in [5, 5.41) is 12.2. The van der Waals surface area contributed by atoms with Gasteiger partial charge in [-0.15, -0.1) is 22.9 Å². The van der Waals surface area contributed by atoms with Crippen molar-refractivity contribution in [2.24, 2.45) is 0 Å². The number of aliphatic hydroxyl groups excluding tert-OH is 1. The fourth-order valence-corrected chi connectivity index (χ4v) is 2.33. The van der Waals surface area contributed by atoms with E-state index in [2.05, 4.69) is 4.98 Å². The lowest BCUT2D eigenvalue weighted by atomic mass is 10.4. The second-order valence-corrected chi connectivity index (χ2v) is 4.62. The van der Waals surface area contributed by atoms with Gasteiger partial charge in [-0.2, -0.15) is 0 Å². The van der Waals surface area contributed by atoms with Crippen LogP contribution in [0.5, 0.6) is 0 Å². The van der Waals surface area contributed by atoms with Gasteiger partial charge in [-0.05, 0) is 14.0 Å². The molecule has 0 aliphatic carbocycles. The van der Waals surface area contributed by atoms with Crippen LogP contribution in [0.2, 0.25) is 0 Å². The lowest BCUT2D eigenvalue weighted by Gasteiger charge is -2.16. The van der Waals surface area contributed by atoms with Crippen molar-refractivity contribution in [3.05, 3.63) is 16.1 Å². The number of alkyl halides is 1. The number of thiazole rings is 1. The molecule has 1 N–H and O–H groups in total. The number of aliphatic hydroxyl groups is 1. The molecule has 0 bridgehead atoms. The number of aromatic nitrogens is 1. The van der Waals surface area contributed by atoms with Crippen LogP contribution < -0.4 is 0 Å². The molecule has 0 aliphatic rings. The summed E-state index contributed by atoms with van der Waals surface area (Å²) in [4.78, 5) is 6.38. The highest BCUT2D eigenvalue weighted by Crippen LogP contribution is 2.13. The molecule has 14 heavy (non-hydrogen) atoms. The van der Waals surface area contributed by atoms with E-state index in [0.717, 1.165) is 17.2 Å². The van der Waals surface area contributed by atoms with Crippen LogP contribution in [0.1, 0.15) is 17.6 Å². The highest BCUT2D eigenvalue weighted by Gasteiger charge is 2.06. The van der Waals surface area contributed by atoms with E-state index >= 15 is 0 Å². The van der Waals surface area contributed by atoms with E-state index < -0.39 is 0 Å². The van der Waals surface area contributed by atoms with E-state index in [1.807, 2.05) is 17.3 Å². The molecular formula is C9H15ClN2OS.